The number of carboxylic acids is 1. The second-order valence-corrected chi connectivity index (χ2v) is 7.79. The number of carboxylic acid groups (broad SMARTS) is 1. The first-order valence-corrected chi connectivity index (χ1v) is 10.2. The van der Waals surface area contributed by atoms with E-state index in [4.69, 9.17) is 9.26 Å². The Morgan fingerprint density at radius 3 is 2.16 bits per heavy atom. The van der Waals surface area contributed by atoms with Crippen molar-refractivity contribution < 1.29 is 19.2 Å². The summed E-state index contributed by atoms with van der Waals surface area (Å²) in [5, 5.41) is 14.1. The molecule has 5 heteroatoms. The molecule has 0 aliphatic heterocycles. The monoisotopic (exact) mass is 411 g/mol. The van der Waals surface area contributed by atoms with E-state index in [1.165, 1.54) is 0 Å². The number of hydrogen-bond acceptors (Lipinski definition) is 4. The molecule has 0 radical (unpaired) electrons. The highest BCUT2D eigenvalue weighted by Gasteiger charge is 2.57. The van der Waals surface area contributed by atoms with Crippen LogP contribution in [0, 0.1) is 0 Å². The molecule has 31 heavy (non-hydrogen) atoms. The second kappa shape index (κ2) is 7.76. The largest absolute Gasteiger partial charge is 0.489 e. The Morgan fingerprint density at radius 1 is 0.903 bits per heavy atom. The fourth-order valence-electron chi connectivity index (χ4n) is 3.80. The summed E-state index contributed by atoms with van der Waals surface area (Å²) in [4.78, 5) is 11.9. The summed E-state index contributed by atoms with van der Waals surface area (Å²) < 4.78 is 11.5. The van der Waals surface area contributed by atoms with Crippen molar-refractivity contribution in [3.05, 3.63) is 96.3 Å². The van der Waals surface area contributed by atoms with E-state index < -0.39 is 11.4 Å². The minimum absolute atomic E-state index is 0.436. The van der Waals surface area contributed by atoms with Crippen molar-refractivity contribution in [3.63, 3.8) is 0 Å². The predicted octanol–water partition coefficient (Wildman–Crippen LogP) is 5.70. The van der Waals surface area contributed by atoms with Crippen LogP contribution in [0.3, 0.4) is 0 Å². The van der Waals surface area contributed by atoms with E-state index in [9.17, 15) is 9.90 Å². The SMILES string of the molecule is O=C(O)C1(c2onc(-c3ccc(OCc4ccccc4)cc3)c2-c2ccccc2)CC1. The molecule has 0 atom stereocenters. The number of carbonyl (C=O) groups is 1. The van der Waals surface area contributed by atoms with Crippen molar-refractivity contribution in [2.75, 3.05) is 0 Å². The smallest absolute Gasteiger partial charge is 0.317 e. The third kappa shape index (κ3) is 3.59. The zero-order valence-corrected chi connectivity index (χ0v) is 16.8. The van der Waals surface area contributed by atoms with E-state index in [2.05, 4.69) is 5.16 Å². The predicted molar refractivity (Wildman–Crippen MR) is 117 cm³/mol. The molecule has 5 rings (SSSR count). The van der Waals surface area contributed by atoms with Crippen molar-refractivity contribution in [1.82, 2.24) is 5.16 Å². The highest BCUT2D eigenvalue weighted by molar-refractivity contribution is 5.91. The van der Waals surface area contributed by atoms with Gasteiger partial charge in [-0.25, -0.2) is 0 Å². The van der Waals surface area contributed by atoms with Crippen molar-refractivity contribution >= 4 is 5.97 Å². The highest BCUT2D eigenvalue weighted by atomic mass is 16.5. The van der Waals surface area contributed by atoms with Gasteiger partial charge in [0.2, 0.25) is 0 Å². The van der Waals surface area contributed by atoms with Crippen LogP contribution in [-0.2, 0) is 16.8 Å². The average Bonchev–Trinajstić information content (AvgIpc) is 3.52. The zero-order valence-electron chi connectivity index (χ0n) is 16.8. The fraction of sp³-hybridized carbons (Fsp3) is 0.154. The number of nitrogens with zero attached hydrogens (tertiary/aromatic N) is 1. The third-order valence-corrected chi connectivity index (χ3v) is 5.72. The average molecular weight is 411 g/mol. The molecule has 0 saturated heterocycles. The van der Waals surface area contributed by atoms with Gasteiger partial charge >= 0.3 is 5.97 Å². The molecule has 4 aromatic rings. The summed E-state index contributed by atoms with van der Waals surface area (Å²) in [6.07, 6.45) is 1.12. The van der Waals surface area contributed by atoms with Gasteiger partial charge in [0.05, 0.1) is 5.56 Å². The van der Waals surface area contributed by atoms with Crippen LogP contribution in [0.1, 0.15) is 24.2 Å². The first-order valence-electron chi connectivity index (χ1n) is 10.2. The van der Waals surface area contributed by atoms with Crippen LogP contribution in [0.15, 0.2) is 89.5 Å². The molecule has 3 aromatic carbocycles. The standard InChI is InChI=1S/C26H21NO4/c28-25(29)26(15-16-26)24-22(19-9-5-2-6-10-19)23(27-31-24)20-11-13-21(14-12-20)30-17-18-7-3-1-4-8-18/h1-14H,15-17H2,(H,28,29). The number of benzene rings is 3. The Hall–Kier alpha value is -3.86. The summed E-state index contributed by atoms with van der Waals surface area (Å²) in [5.74, 6) is 0.324. The molecular weight excluding hydrogens is 390 g/mol. The van der Waals surface area contributed by atoms with Crippen LogP contribution >= 0.6 is 0 Å². The van der Waals surface area contributed by atoms with Gasteiger partial charge in [-0.15, -0.1) is 0 Å². The van der Waals surface area contributed by atoms with Crippen LogP contribution < -0.4 is 4.74 Å². The number of hydrogen-bond donors (Lipinski definition) is 1. The Kier molecular flexibility index (Phi) is 4.79. The van der Waals surface area contributed by atoms with Crippen LogP contribution in [0.5, 0.6) is 5.75 Å². The number of aromatic nitrogens is 1. The minimum atomic E-state index is -0.977. The molecule has 0 bridgehead atoms. The van der Waals surface area contributed by atoms with Crippen molar-refractivity contribution in [1.29, 1.82) is 0 Å². The van der Waals surface area contributed by atoms with Gasteiger partial charge in [-0.05, 0) is 48.2 Å². The molecule has 1 N–H and O–H groups in total. The fourth-order valence-corrected chi connectivity index (χ4v) is 3.80. The number of rotatable bonds is 7. The minimum Gasteiger partial charge on any atom is -0.489 e. The topological polar surface area (TPSA) is 72.6 Å². The normalized spacial score (nSPS) is 14.2. The molecule has 5 nitrogen and oxygen atoms in total. The second-order valence-electron chi connectivity index (χ2n) is 7.79. The molecule has 1 aliphatic rings. The summed E-state index contributed by atoms with van der Waals surface area (Å²) in [6, 6.07) is 27.3. The van der Waals surface area contributed by atoms with Gasteiger partial charge in [-0.3, -0.25) is 4.79 Å². The summed E-state index contributed by atoms with van der Waals surface area (Å²) in [7, 11) is 0. The van der Waals surface area contributed by atoms with E-state index in [1.807, 2.05) is 84.9 Å². The summed E-state index contributed by atoms with van der Waals surface area (Å²) in [6.45, 7) is 0.491. The molecule has 1 heterocycles. The maximum atomic E-state index is 11.9. The van der Waals surface area contributed by atoms with Crippen molar-refractivity contribution in [3.8, 4) is 28.1 Å². The lowest BCUT2D eigenvalue weighted by Crippen LogP contribution is -2.19. The molecule has 1 aromatic heterocycles. The highest BCUT2D eigenvalue weighted by Crippen LogP contribution is 2.53. The summed E-state index contributed by atoms with van der Waals surface area (Å²) in [5.41, 5.74) is 3.26. The van der Waals surface area contributed by atoms with E-state index >= 15 is 0 Å². The lowest BCUT2D eigenvalue weighted by atomic mass is 9.92. The van der Waals surface area contributed by atoms with Gasteiger partial charge in [0.25, 0.3) is 0 Å². The van der Waals surface area contributed by atoms with Crippen LogP contribution in [0.4, 0.5) is 0 Å². The molecule has 0 spiro atoms. The van der Waals surface area contributed by atoms with Gasteiger partial charge in [-0.2, -0.15) is 0 Å². The van der Waals surface area contributed by atoms with Gasteiger partial charge in [-0.1, -0.05) is 65.8 Å². The van der Waals surface area contributed by atoms with Crippen LogP contribution in [0.25, 0.3) is 22.4 Å². The van der Waals surface area contributed by atoms with Crippen LogP contribution in [-0.4, -0.2) is 16.2 Å². The quantitative estimate of drug-likeness (QED) is 0.422. The molecule has 0 amide bonds. The van der Waals surface area contributed by atoms with E-state index in [-0.39, 0.29) is 0 Å². The molecular formula is C26H21NO4. The first kappa shape index (κ1) is 19.1. The molecule has 1 aliphatic carbocycles. The Bertz CT molecular complexity index is 1190. The van der Waals surface area contributed by atoms with Crippen LogP contribution in [0.2, 0.25) is 0 Å². The molecule has 1 fully saturated rings. The van der Waals surface area contributed by atoms with E-state index in [0.29, 0.717) is 30.9 Å². The lowest BCUT2D eigenvalue weighted by molar-refractivity contribution is -0.140. The van der Waals surface area contributed by atoms with Crippen molar-refractivity contribution in [2.45, 2.75) is 24.9 Å². The van der Waals surface area contributed by atoms with Gasteiger partial charge < -0.3 is 14.4 Å². The number of aliphatic carboxylic acids is 1. The van der Waals surface area contributed by atoms with E-state index in [1.54, 1.807) is 0 Å². The molecule has 0 unspecified atom stereocenters. The number of ether oxygens (including phenoxy) is 1. The third-order valence-electron chi connectivity index (χ3n) is 5.72. The Morgan fingerprint density at radius 2 is 1.55 bits per heavy atom. The maximum Gasteiger partial charge on any atom is 0.317 e. The lowest BCUT2D eigenvalue weighted by Gasteiger charge is -2.10. The first-order chi connectivity index (χ1) is 15.2. The molecule has 154 valence electrons. The van der Waals surface area contributed by atoms with E-state index in [0.717, 1.165) is 28.0 Å². The van der Waals surface area contributed by atoms with Gasteiger partial charge in [0.1, 0.15) is 23.5 Å². The van der Waals surface area contributed by atoms with Crippen molar-refractivity contribution in [2.24, 2.45) is 0 Å². The summed E-state index contributed by atoms with van der Waals surface area (Å²) >= 11 is 0. The van der Waals surface area contributed by atoms with Gasteiger partial charge in [0.15, 0.2) is 5.76 Å². The zero-order chi connectivity index (χ0) is 21.3. The van der Waals surface area contributed by atoms with Gasteiger partial charge in [0, 0.05) is 5.56 Å². The molecule has 1 saturated carbocycles. The Labute approximate surface area is 179 Å². The maximum absolute atomic E-state index is 11.9. The Balaban J connectivity index is 1.48.